The smallest absolute Gasteiger partial charge is 0.261 e. The number of amides is 1. The number of carbonyl (C=O) groups is 1. The Kier molecular flexibility index (Phi) is 5.26. The van der Waals surface area contributed by atoms with Crippen molar-refractivity contribution in [3.8, 4) is 5.75 Å². The topological polar surface area (TPSA) is 73.2 Å². The van der Waals surface area contributed by atoms with Crippen molar-refractivity contribution in [2.24, 2.45) is 0 Å². The maximum atomic E-state index is 13.3. The first-order valence-electron chi connectivity index (χ1n) is 8.14. The first-order valence-corrected chi connectivity index (χ1v) is 8.14. The summed E-state index contributed by atoms with van der Waals surface area (Å²) in [4.78, 5) is 28.4. The van der Waals surface area contributed by atoms with Crippen molar-refractivity contribution >= 4 is 16.8 Å². The second-order valence-electron chi connectivity index (χ2n) is 5.85. The minimum absolute atomic E-state index is 0.142. The number of aromatic nitrogens is 2. The molecule has 0 saturated heterocycles. The summed E-state index contributed by atoms with van der Waals surface area (Å²) in [5.41, 5.74) is 1.07. The predicted molar refractivity (Wildman–Crippen MR) is 95.6 cm³/mol. The molecule has 26 heavy (non-hydrogen) atoms. The number of nitrogens with one attached hydrogen (secondary N) is 1. The first kappa shape index (κ1) is 17.6. The summed E-state index contributed by atoms with van der Waals surface area (Å²) in [6, 6.07) is 11.4. The number of hydrogen-bond donors (Lipinski definition) is 1. The van der Waals surface area contributed by atoms with E-state index in [2.05, 4.69) is 10.3 Å². The van der Waals surface area contributed by atoms with Crippen LogP contribution in [0.5, 0.6) is 5.75 Å². The van der Waals surface area contributed by atoms with E-state index < -0.39 is 11.4 Å². The molecule has 0 aliphatic heterocycles. The molecule has 6 nitrogen and oxygen atoms in total. The zero-order valence-corrected chi connectivity index (χ0v) is 14.2. The van der Waals surface area contributed by atoms with Gasteiger partial charge in [0.15, 0.2) is 0 Å². The number of hydrogen-bond acceptors (Lipinski definition) is 4. The van der Waals surface area contributed by atoms with E-state index in [0.29, 0.717) is 18.7 Å². The zero-order valence-electron chi connectivity index (χ0n) is 14.2. The van der Waals surface area contributed by atoms with Crippen molar-refractivity contribution in [2.75, 3.05) is 13.2 Å². The predicted octanol–water partition coefficient (Wildman–Crippen LogP) is 2.04. The van der Waals surface area contributed by atoms with Crippen LogP contribution in [0.25, 0.3) is 10.9 Å². The van der Waals surface area contributed by atoms with E-state index in [4.69, 9.17) is 4.74 Å². The molecule has 0 aliphatic rings. The molecule has 0 bridgehead atoms. The fourth-order valence-electron chi connectivity index (χ4n) is 2.45. The first-order chi connectivity index (χ1) is 12.5. The van der Waals surface area contributed by atoms with Crippen LogP contribution in [0.4, 0.5) is 4.39 Å². The molecule has 7 heteroatoms. The molecule has 1 N–H and O–H groups in total. The highest BCUT2D eigenvalue weighted by Crippen LogP contribution is 2.11. The lowest BCUT2D eigenvalue weighted by molar-refractivity contribution is -0.121. The zero-order chi connectivity index (χ0) is 18.5. The number of rotatable bonds is 6. The highest BCUT2D eigenvalue weighted by Gasteiger charge is 2.08. The lowest BCUT2D eigenvalue weighted by Gasteiger charge is -2.09. The second-order valence-corrected chi connectivity index (χ2v) is 5.85. The van der Waals surface area contributed by atoms with Gasteiger partial charge >= 0.3 is 0 Å². The van der Waals surface area contributed by atoms with E-state index in [9.17, 15) is 14.0 Å². The largest absolute Gasteiger partial charge is 0.492 e. The van der Waals surface area contributed by atoms with Crippen LogP contribution in [0.1, 0.15) is 5.56 Å². The van der Waals surface area contributed by atoms with Crippen molar-refractivity contribution < 1.29 is 13.9 Å². The van der Waals surface area contributed by atoms with E-state index in [0.717, 1.165) is 21.9 Å². The van der Waals surface area contributed by atoms with Crippen molar-refractivity contribution in [3.63, 3.8) is 0 Å². The molecule has 0 atom stereocenters. The van der Waals surface area contributed by atoms with E-state index in [1.165, 1.54) is 18.5 Å². The number of carbonyl (C=O) groups excluding carboxylic acids is 1. The minimum atomic E-state index is -0.521. The molecule has 1 heterocycles. The lowest BCUT2D eigenvalue weighted by atomic mass is 10.2. The van der Waals surface area contributed by atoms with Crippen LogP contribution < -0.4 is 15.6 Å². The highest BCUT2D eigenvalue weighted by atomic mass is 19.1. The van der Waals surface area contributed by atoms with Crippen LogP contribution in [0.15, 0.2) is 53.6 Å². The highest BCUT2D eigenvalue weighted by molar-refractivity contribution is 5.78. The van der Waals surface area contributed by atoms with E-state index in [-0.39, 0.29) is 17.8 Å². The van der Waals surface area contributed by atoms with Gasteiger partial charge in [0, 0.05) is 0 Å². The Balaban J connectivity index is 1.55. The number of aryl methyl sites for hydroxylation is 1. The Bertz CT molecular complexity index is 983. The number of ether oxygens (including phenoxy) is 1. The van der Waals surface area contributed by atoms with Crippen molar-refractivity contribution in [1.82, 2.24) is 14.9 Å². The van der Waals surface area contributed by atoms with Crippen LogP contribution in [-0.2, 0) is 11.3 Å². The molecule has 0 saturated carbocycles. The quantitative estimate of drug-likeness (QED) is 0.687. The van der Waals surface area contributed by atoms with Gasteiger partial charge in [-0.3, -0.25) is 14.2 Å². The summed E-state index contributed by atoms with van der Waals surface area (Å²) in [6.45, 7) is 2.41. The van der Waals surface area contributed by atoms with Gasteiger partial charge in [0.25, 0.3) is 5.56 Å². The van der Waals surface area contributed by atoms with Gasteiger partial charge in [-0.25, -0.2) is 9.37 Å². The van der Waals surface area contributed by atoms with Crippen LogP contribution in [0, 0.1) is 12.7 Å². The standard InChI is InChI=1S/C19H18FN3O3/c1-13-2-5-15(6-3-13)26-9-8-21-18(24)11-23-12-22-17-7-4-14(20)10-16(17)19(23)25/h2-7,10,12H,8-9,11H2,1H3,(H,21,24). The van der Waals surface area contributed by atoms with Crippen molar-refractivity contribution in [1.29, 1.82) is 0 Å². The summed E-state index contributed by atoms with van der Waals surface area (Å²) < 4.78 is 20.0. The number of halogens is 1. The molecule has 3 rings (SSSR count). The summed E-state index contributed by atoms with van der Waals surface area (Å²) in [7, 11) is 0. The van der Waals surface area contributed by atoms with E-state index >= 15 is 0 Å². The normalized spacial score (nSPS) is 10.7. The Morgan fingerprint density at radius 1 is 1.23 bits per heavy atom. The summed E-state index contributed by atoms with van der Waals surface area (Å²) >= 11 is 0. The molecule has 1 aromatic heterocycles. The van der Waals surface area contributed by atoms with Crippen LogP contribution in [0.2, 0.25) is 0 Å². The van der Waals surface area contributed by atoms with Crippen molar-refractivity contribution in [2.45, 2.75) is 13.5 Å². The Morgan fingerprint density at radius 3 is 2.77 bits per heavy atom. The molecule has 1 amide bonds. The Morgan fingerprint density at radius 2 is 2.00 bits per heavy atom. The number of benzene rings is 2. The van der Waals surface area contributed by atoms with Crippen molar-refractivity contribution in [3.05, 3.63) is 70.5 Å². The number of fused-ring (bicyclic) bond motifs is 1. The lowest BCUT2D eigenvalue weighted by Crippen LogP contribution is -2.34. The van der Waals surface area contributed by atoms with Gasteiger partial charge in [0.05, 0.1) is 23.8 Å². The SMILES string of the molecule is Cc1ccc(OCCNC(=O)Cn2cnc3ccc(F)cc3c2=O)cc1. The van der Waals surface area contributed by atoms with Crippen LogP contribution >= 0.6 is 0 Å². The summed E-state index contributed by atoms with van der Waals surface area (Å²) in [5.74, 6) is -0.147. The molecular weight excluding hydrogens is 337 g/mol. The molecule has 0 fully saturated rings. The average Bonchev–Trinajstić information content (AvgIpc) is 2.63. The Hall–Kier alpha value is -3.22. The van der Waals surface area contributed by atoms with E-state index in [1.807, 2.05) is 31.2 Å². The van der Waals surface area contributed by atoms with Gasteiger partial charge in [-0.05, 0) is 37.3 Å². The van der Waals surface area contributed by atoms with Gasteiger partial charge in [0.1, 0.15) is 24.7 Å². The average molecular weight is 355 g/mol. The fraction of sp³-hybridized carbons (Fsp3) is 0.211. The molecule has 2 aromatic carbocycles. The van der Waals surface area contributed by atoms with E-state index in [1.54, 1.807) is 0 Å². The third-order valence-electron chi connectivity index (χ3n) is 3.81. The third kappa shape index (κ3) is 4.24. The maximum absolute atomic E-state index is 13.3. The van der Waals surface area contributed by atoms with Crippen LogP contribution in [-0.4, -0.2) is 28.6 Å². The van der Waals surface area contributed by atoms with Gasteiger partial charge in [-0.2, -0.15) is 0 Å². The molecule has 0 spiro atoms. The molecular formula is C19H18FN3O3. The maximum Gasteiger partial charge on any atom is 0.261 e. The van der Waals surface area contributed by atoms with Gasteiger partial charge in [-0.15, -0.1) is 0 Å². The second kappa shape index (κ2) is 7.77. The van der Waals surface area contributed by atoms with Gasteiger partial charge in [0.2, 0.25) is 5.91 Å². The molecule has 3 aromatic rings. The van der Waals surface area contributed by atoms with Gasteiger partial charge < -0.3 is 10.1 Å². The Labute approximate surface area is 149 Å². The van der Waals surface area contributed by atoms with Crippen LogP contribution in [0.3, 0.4) is 0 Å². The third-order valence-corrected chi connectivity index (χ3v) is 3.81. The molecule has 0 aliphatic carbocycles. The molecule has 0 radical (unpaired) electrons. The molecule has 134 valence electrons. The fourth-order valence-corrected chi connectivity index (χ4v) is 2.45. The monoisotopic (exact) mass is 355 g/mol. The summed E-state index contributed by atoms with van der Waals surface area (Å²) in [6.07, 6.45) is 1.28. The number of nitrogens with zero attached hydrogens (tertiary/aromatic N) is 2. The van der Waals surface area contributed by atoms with Gasteiger partial charge in [-0.1, -0.05) is 17.7 Å². The minimum Gasteiger partial charge on any atom is -0.492 e. The summed E-state index contributed by atoms with van der Waals surface area (Å²) in [5, 5.41) is 2.82. The molecule has 0 unspecified atom stereocenters.